The SMILES string of the molecule is C=C1NC(N)=Nc2c1ncn2[C@H]1C=C[C@@H](COC(=O)OCC(C)C)C1.CC#CC#CC#CC#CC#CC#CC#CC.N=N/N=N/N(OO)OO.[HH].[HH].[HH].[HH].[HH].[HH].[HH]. The van der Waals surface area contributed by atoms with Crippen molar-refractivity contribution in [3.8, 4) is 82.9 Å². The van der Waals surface area contributed by atoms with Crippen molar-refractivity contribution >= 4 is 23.6 Å². The fourth-order valence-corrected chi connectivity index (χ4v) is 3.35. The highest BCUT2D eigenvalue weighted by Crippen LogP contribution is 2.35. The van der Waals surface area contributed by atoms with Gasteiger partial charge in [0.25, 0.3) is 0 Å². The summed E-state index contributed by atoms with van der Waals surface area (Å²) in [4.78, 5) is 26.5. The number of nitrogens with one attached hydrogen (secondary N) is 2. The number of carbonyl (C=O) groups is 1. The van der Waals surface area contributed by atoms with Crippen LogP contribution in [0.15, 0.2) is 45.7 Å². The molecule has 2 atom stereocenters. The minimum absolute atomic E-state index is 0. The van der Waals surface area contributed by atoms with Crippen LogP contribution in [-0.2, 0) is 19.5 Å². The lowest BCUT2D eigenvalue weighted by Gasteiger charge is -2.18. The van der Waals surface area contributed by atoms with E-state index in [-0.39, 0.29) is 33.2 Å². The predicted molar refractivity (Wildman–Crippen MR) is 194 cm³/mol. The minimum Gasteiger partial charge on any atom is -0.434 e. The smallest absolute Gasteiger partial charge is 0.434 e. The first-order valence-electron chi connectivity index (χ1n) is 14.1. The van der Waals surface area contributed by atoms with Crippen LogP contribution in [0.1, 0.15) is 55.8 Å². The summed E-state index contributed by atoms with van der Waals surface area (Å²) < 4.78 is 12.2. The Hall–Kier alpha value is -7.01. The number of carbonyl (C=O) groups excluding carboxylic acids is 1. The first-order valence-corrected chi connectivity index (χ1v) is 14.1. The summed E-state index contributed by atoms with van der Waals surface area (Å²) in [7, 11) is 0. The number of guanidine groups is 1. The van der Waals surface area contributed by atoms with Gasteiger partial charge in [-0.2, -0.15) is 10.5 Å². The van der Waals surface area contributed by atoms with Crippen molar-refractivity contribution in [3.05, 3.63) is 30.8 Å². The van der Waals surface area contributed by atoms with E-state index in [0.717, 1.165) is 6.42 Å². The molecule has 6 N–H and O–H groups in total. The van der Waals surface area contributed by atoms with Gasteiger partial charge in [0.15, 0.2) is 11.8 Å². The number of imidazole rings is 1. The molecule has 0 radical (unpaired) electrons. The molecule has 0 saturated heterocycles. The molecule has 1 aliphatic heterocycles. The van der Waals surface area contributed by atoms with Gasteiger partial charge < -0.3 is 25.1 Å². The topological polar surface area (TPSA) is 227 Å². The molecule has 2 aliphatic rings. The van der Waals surface area contributed by atoms with E-state index in [1.54, 1.807) is 20.2 Å². The largest absolute Gasteiger partial charge is 0.508 e. The highest BCUT2D eigenvalue weighted by atomic mass is 17.4. The van der Waals surface area contributed by atoms with Gasteiger partial charge in [-0.3, -0.25) is 0 Å². The van der Waals surface area contributed by atoms with Crippen LogP contribution in [0.4, 0.5) is 10.6 Å². The maximum atomic E-state index is 11.5. The molecule has 1 aliphatic carbocycles. The average Bonchev–Trinajstić information content (AvgIpc) is 3.75. The van der Waals surface area contributed by atoms with Crippen LogP contribution in [0.2, 0.25) is 0 Å². The van der Waals surface area contributed by atoms with Gasteiger partial charge in [-0.25, -0.2) is 20.3 Å². The van der Waals surface area contributed by atoms with Crippen LogP contribution in [0.3, 0.4) is 0 Å². The van der Waals surface area contributed by atoms with Crippen LogP contribution < -0.4 is 11.1 Å². The van der Waals surface area contributed by atoms with E-state index in [9.17, 15) is 4.79 Å². The van der Waals surface area contributed by atoms with Gasteiger partial charge in [0.05, 0.1) is 30.0 Å². The van der Waals surface area contributed by atoms with Crippen molar-refractivity contribution in [3.63, 3.8) is 0 Å². The summed E-state index contributed by atoms with van der Waals surface area (Å²) in [6.45, 7) is 11.9. The van der Waals surface area contributed by atoms with E-state index >= 15 is 0 Å². The lowest BCUT2D eigenvalue weighted by Crippen LogP contribution is -2.32. The Labute approximate surface area is 299 Å². The summed E-state index contributed by atoms with van der Waals surface area (Å²) in [5.74, 6) is 37.0. The predicted octanol–water partition coefficient (Wildman–Crippen LogP) is 5.51. The highest BCUT2D eigenvalue weighted by Gasteiger charge is 2.27. The average molecular weight is 695 g/mol. The number of rotatable bonds is 9. The fraction of sp³-hybridized carbons (Fsp3) is 0.303. The Bertz CT molecular complexity index is 1850. The van der Waals surface area contributed by atoms with Crippen LogP contribution >= 0.6 is 0 Å². The van der Waals surface area contributed by atoms with Gasteiger partial charge in [0.2, 0.25) is 0 Å². The van der Waals surface area contributed by atoms with Crippen LogP contribution in [-0.4, -0.2) is 50.7 Å². The third kappa shape index (κ3) is 17.1. The lowest BCUT2D eigenvalue weighted by atomic mass is 10.1. The molecule has 0 fully saturated rings. The number of aromatic nitrogens is 2. The lowest BCUT2D eigenvalue weighted by molar-refractivity contribution is -0.587. The first kappa shape index (κ1) is 41.0. The quantitative estimate of drug-likeness (QED) is 0.0540. The van der Waals surface area contributed by atoms with Crippen molar-refractivity contribution in [2.75, 3.05) is 13.2 Å². The van der Waals surface area contributed by atoms with Gasteiger partial charge in [-0.05, 0) is 108 Å². The molecule has 17 nitrogen and oxygen atoms in total. The molecule has 0 bridgehead atoms. The molecule has 50 heavy (non-hydrogen) atoms. The minimum atomic E-state index is -0.620. The van der Waals surface area contributed by atoms with Crippen molar-refractivity contribution in [1.29, 1.82) is 5.53 Å². The third-order valence-electron chi connectivity index (χ3n) is 5.25. The fourth-order valence-electron chi connectivity index (χ4n) is 3.35. The Kier molecular flexibility index (Phi) is 20.6. The number of ether oxygens (including phenoxy) is 2. The second-order valence-corrected chi connectivity index (χ2v) is 9.32. The zero-order valence-electron chi connectivity index (χ0n) is 27.4. The third-order valence-corrected chi connectivity index (χ3v) is 5.25. The molecule has 1 aromatic heterocycles. The van der Waals surface area contributed by atoms with Crippen molar-refractivity contribution in [2.24, 2.45) is 38.2 Å². The molecule has 0 spiro atoms. The van der Waals surface area contributed by atoms with Gasteiger partial charge in [-0.15, -0.1) is 0 Å². The highest BCUT2D eigenvalue weighted by molar-refractivity contribution is 5.93. The van der Waals surface area contributed by atoms with Crippen molar-refractivity contribution in [1.82, 2.24) is 20.2 Å². The molecule has 0 amide bonds. The monoisotopic (exact) mass is 694 g/mol. The van der Waals surface area contributed by atoms with Gasteiger partial charge >= 0.3 is 6.16 Å². The van der Waals surface area contributed by atoms with E-state index in [1.807, 2.05) is 24.5 Å². The van der Waals surface area contributed by atoms with Gasteiger partial charge in [0, 0.05) is 21.1 Å². The zero-order chi connectivity index (χ0) is 37.0. The first-order chi connectivity index (χ1) is 24.2. The summed E-state index contributed by atoms with van der Waals surface area (Å²) in [6.07, 6.45) is 6.00. The summed E-state index contributed by atoms with van der Waals surface area (Å²) in [6, 6.07) is 0.0824. The molecule has 0 unspecified atom stereocenters. The Morgan fingerprint density at radius 1 is 1.06 bits per heavy atom. The second-order valence-electron chi connectivity index (χ2n) is 9.32. The molecule has 0 saturated carbocycles. The number of nitrogens with two attached hydrogens (primary N) is 1. The maximum Gasteiger partial charge on any atom is 0.508 e. The zero-order valence-corrected chi connectivity index (χ0v) is 27.4. The number of aliphatic imine (C=N–C) groups is 1. The van der Waals surface area contributed by atoms with Crippen molar-refractivity contribution in [2.45, 2.75) is 40.2 Å². The molecular formula is C33H46N10O7. The molecule has 17 heteroatoms. The van der Waals surface area contributed by atoms with E-state index in [4.69, 9.17) is 31.3 Å². The maximum absolute atomic E-state index is 11.5. The van der Waals surface area contributed by atoms with E-state index in [1.165, 1.54) is 0 Å². The number of fused-ring (bicyclic) bond motifs is 1. The molecule has 1 aromatic rings. The summed E-state index contributed by atoms with van der Waals surface area (Å²) >= 11 is 0. The molecule has 2 heterocycles. The molecule has 3 rings (SSSR count). The number of hydrogen-bond acceptors (Lipinski definition) is 13. The van der Waals surface area contributed by atoms with Crippen LogP contribution in [0, 0.1) is 100 Å². The van der Waals surface area contributed by atoms with Gasteiger partial charge in [0.1, 0.15) is 12.3 Å². The van der Waals surface area contributed by atoms with Gasteiger partial charge in [-0.1, -0.05) is 54.4 Å². The molecule has 270 valence electrons. The number of allylic oxidation sites excluding steroid dienone is 1. The summed E-state index contributed by atoms with van der Waals surface area (Å²) in [5, 5.41) is 25.5. The van der Waals surface area contributed by atoms with E-state index < -0.39 is 6.16 Å². The van der Waals surface area contributed by atoms with Crippen molar-refractivity contribution < 1.29 is 44.7 Å². The number of nitrogens with zero attached hydrogens (tertiary/aromatic N) is 7. The Balaban J connectivity index is -0.000000138. The van der Waals surface area contributed by atoms with Crippen LogP contribution in [0.25, 0.3) is 5.70 Å². The van der Waals surface area contributed by atoms with E-state index in [0.29, 0.717) is 36.4 Å². The normalized spacial score (nSPS) is 13.9. The van der Waals surface area contributed by atoms with E-state index in [2.05, 4.69) is 136 Å². The molecular weight excluding hydrogens is 648 g/mol. The Morgan fingerprint density at radius 2 is 1.62 bits per heavy atom. The molecule has 0 aromatic carbocycles. The van der Waals surface area contributed by atoms with Crippen LogP contribution in [0.5, 0.6) is 0 Å². The second kappa shape index (κ2) is 25.1. The summed E-state index contributed by atoms with van der Waals surface area (Å²) in [5.41, 5.74) is 13.1. The standard InChI is InChI=1S/C17H23N5O3.C16H6.H3N5O4.7H2/c1-10(2)7-24-17(23)25-8-12-4-5-13(6-12)22-9-19-14-11(3)20-16(18)21-15(14)22;1-3-5-7-9-11-13-15-16-14-12-10-8-6-4-2;1-2-3-4-5(8-6)9-7;;;;;;;/h4-5,9-10,12-13H,3,6-8H2,1-2H3,(H3,18,20,21);1-2H3;1,6-7H;7*1H/b;;2-1?,4-3+;;;;;;;/t12-,13+;;;;;;;;;/m1........./s1. The Morgan fingerprint density at radius 3 is 2.12 bits per heavy atom. The number of hydrogen-bond donors (Lipinski definition) is 5.